The van der Waals surface area contributed by atoms with Gasteiger partial charge in [-0.05, 0) is 18.6 Å². The van der Waals surface area contributed by atoms with E-state index in [1.807, 2.05) is 0 Å². The molecule has 0 aromatic heterocycles. The minimum atomic E-state index is -4.20. The molecule has 0 aliphatic carbocycles. The lowest BCUT2D eigenvalue weighted by Gasteiger charge is -2.05. The van der Waals surface area contributed by atoms with Crippen molar-refractivity contribution in [3.05, 3.63) is 35.4 Å². The molecule has 0 heterocycles. The Hall–Kier alpha value is -0.770. The molecule has 6 heteroatoms. The van der Waals surface area contributed by atoms with Crippen molar-refractivity contribution in [2.45, 2.75) is 6.42 Å². The van der Waals surface area contributed by atoms with E-state index in [1.54, 1.807) is 0 Å². The molecular weight excluding hydrogens is 213 g/mol. The molecule has 0 amide bonds. The Morgan fingerprint density at radius 3 is 2.14 bits per heavy atom. The summed E-state index contributed by atoms with van der Waals surface area (Å²) in [7, 11) is -4.20. The summed E-state index contributed by atoms with van der Waals surface area (Å²) in [5.41, 5.74) is -0.282. The minimum absolute atomic E-state index is 0.282. The first-order chi connectivity index (χ1) is 6.40. The first-order valence-electron chi connectivity index (χ1n) is 3.87. The highest BCUT2D eigenvalue weighted by molar-refractivity contribution is 7.51. The monoisotopic (exact) mass is 222 g/mol. The van der Waals surface area contributed by atoms with Gasteiger partial charge in [-0.15, -0.1) is 0 Å². The Bertz CT molecular complexity index is 355. The van der Waals surface area contributed by atoms with E-state index in [0.717, 1.165) is 12.1 Å². The van der Waals surface area contributed by atoms with Crippen molar-refractivity contribution in [2.75, 3.05) is 6.16 Å². The predicted molar refractivity (Wildman–Crippen MR) is 47.0 cm³/mol. The van der Waals surface area contributed by atoms with Gasteiger partial charge in [0.1, 0.15) is 11.6 Å². The molecule has 0 fully saturated rings. The zero-order chi connectivity index (χ0) is 10.8. The highest BCUT2D eigenvalue weighted by Crippen LogP contribution is 2.35. The summed E-state index contributed by atoms with van der Waals surface area (Å²) in [4.78, 5) is 17.1. The number of benzene rings is 1. The van der Waals surface area contributed by atoms with Gasteiger partial charge < -0.3 is 9.79 Å². The van der Waals surface area contributed by atoms with Crippen LogP contribution in [-0.2, 0) is 11.0 Å². The fourth-order valence-electron chi connectivity index (χ4n) is 1.03. The number of hydrogen-bond donors (Lipinski definition) is 2. The molecule has 0 radical (unpaired) electrons. The van der Waals surface area contributed by atoms with Crippen LogP contribution in [0.1, 0.15) is 5.56 Å². The van der Waals surface area contributed by atoms with Crippen LogP contribution in [0.4, 0.5) is 8.78 Å². The molecule has 0 aliphatic rings. The Balaban J connectivity index is 2.82. The van der Waals surface area contributed by atoms with Gasteiger partial charge in [0.2, 0.25) is 0 Å². The fourth-order valence-corrected chi connectivity index (χ4v) is 1.54. The maximum Gasteiger partial charge on any atom is 0.325 e. The van der Waals surface area contributed by atoms with Crippen LogP contribution in [0, 0.1) is 11.6 Å². The average molecular weight is 222 g/mol. The van der Waals surface area contributed by atoms with Crippen molar-refractivity contribution < 1.29 is 23.1 Å². The Morgan fingerprint density at radius 2 is 1.71 bits per heavy atom. The zero-order valence-corrected chi connectivity index (χ0v) is 8.05. The lowest BCUT2D eigenvalue weighted by molar-refractivity contribution is 0.372. The molecule has 0 saturated heterocycles. The summed E-state index contributed by atoms with van der Waals surface area (Å²) in [5, 5.41) is 0. The highest BCUT2D eigenvalue weighted by atomic mass is 31.2. The van der Waals surface area contributed by atoms with Crippen LogP contribution in [0.2, 0.25) is 0 Å². The maximum atomic E-state index is 12.9. The molecule has 3 nitrogen and oxygen atoms in total. The third kappa shape index (κ3) is 3.18. The van der Waals surface area contributed by atoms with Crippen LogP contribution in [0.25, 0.3) is 0 Å². The largest absolute Gasteiger partial charge is 0.325 e. The van der Waals surface area contributed by atoms with Crippen LogP contribution in [0.5, 0.6) is 0 Å². The molecule has 2 N–H and O–H groups in total. The number of rotatable bonds is 3. The molecule has 1 rings (SSSR count). The van der Waals surface area contributed by atoms with Crippen LogP contribution in [0.3, 0.4) is 0 Å². The molecule has 78 valence electrons. The second-order valence-electron chi connectivity index (χ2n) is 2.84. The summed E-state index contributed by atoms with van der Waals surface area (Å²) in [5.74, 6) is -1.56. The van der Waals surface area contributed by atoms with Crippen molar-refractivity contribution >= 4 is 7.60 Å². The van der Waals surface area contributed by atoms with Crippen LogP contribution < -0.4 is 0 Å². The molecule has 0 atom stereocenters. The van der Waals surface area contributed by atoms with Crippen LogP contribution >= 0.6 is 7.60 Å². The average Bonchev–Trinajstić information content (AvgIpc) is 2.01. The molecule has 0 unspecified atom stereocenters. The SMILES string of the molecule is O=P(O)(O)CCc1c(F)cccc1F. The summed E-state index contributed by atoms with van der Waals surface area (Å²) >= 11 is 0. The first kappa shape index (κ1) is 11.3. The molecule has 0 aliphatic heterocycles. The third-order valence-electron chi connectivity index (χ3n) is 1.71. The van der Waals surface area contributed by atoms with Crippen LogP contribution in [0.15, 0.2) is 18.2 Å². The zero-order valence-electron chi connectivity index (χ0n) is 7.15. The van der Waals surface area contributed by atoms with Crippen molar-refractivity contribution in [1.29, 1.82) is 0 Å². The van der Waals surface area contributed by atoms with E-state index in [0.29, 0.717) is 0 Å². The standard InChI is InChI=1S/C8H9F2O3P/c9-7-2-1-3-8(10)6(7)4-5-14(11,12)13/h1-3H,4-5H2,(H2,11,12,13). The predicted octanol–water partition coefficient (Wildman–Crippen LogP) is 1.68. The lowest BCUT2D eigenvalue weighted by atomic mass is 10.1. The summed E-state index contributed by atoms with van der Waals surface area (Å²) in [6.45, 7) is 0. The molecule has 14 heavy (non-hydrogen) atoms. The van der Waals surface area contributed by atoms with Gasteiger partial charge in [0.05, 0.1) is 6.16 Å². The van der Waals surface area contributed by atoms with E-state index in [-0.39, 0.29) is 12.0 Å². The van der Waals surface area contributed by atoms with Gasteiger partial charge in [-0.25, -0.2) is 8.78 Å². The van der Waals surface area contributed by atoms with Gasteiger partial charge in [-0.2, -0.15) is 0 Å². The van der Waals surface area contributed by atoms with Crippen molar-refractivity contribution in [3.8, 4) is 0 Å². The van der Waals surface area contributed by atoms with E-state index >= 15 is 0 Å². The highest BCUT2D eigenvalue weighted by Gasteiger charge is 2.16. The number of hydrogen-bond acceptors (Lipinski definition) is 1. The van der Waals surface area contributed by atoms with Crippen LogP contribution in [-0.4, -0.2) is 15.9 Å². The summed E-state index contributed by atoms with van der Waals surface area (Å²) in [6.07, 6.45) is -0.854. The van der Waals surface area contributed by atoms with Gasteiger partial charge in [0.15, 0.2) is 0 Å². The van der Waals surface area contributed by atoms with Gasteiger partial charge in [0, 0.05) is 5.56 Å². The summed E-state index contributed by atoms with van der Waals surface area (Å²) < 4.78 is 36.3. The van der Waals surface area contributed by atoms with Crippen molar-refractivity contribution in [3.63, 3.8) is 0 Å². The van der Waals surface area contributed by atoms with Gasteiger partial charge in [0.25, 0.3) is 0 Å². The van der Waals surface area contributed by atoms with E-state index in [4.69, 9.17) is 9.79 Å². The molecule has 0 bridgehead atoms. The maximum absolute atomic E-state index is 12.9. The Kier molecular flexibility index (Phi) is 3.37. The molecular formula is C8H9F2O3P. The molecule has 0 spiro atoms. The second-order valence-corrected chi connectivity index (χ2v) is 4.62. The van der Waals surface area contributed by atoms with E-state index in [2.05, 4.69) is 0 Å². The van der Waals surface area contributed by atoms with Crippen molar-refractivity contribution in [2.24, 2.45) is 0 Å². The Morgan fingerprint density at radius 1 is 1.21 bits per heavy atom. The lowest BCUT2D eigenvalue weighted by Crippen LogP contribution is -2.00. The van der Waals surface area contributed by atoms with E-state index in [9.17, 15) is 13.3 Å². The normalized spacial score (nSPS) is 11.7. The van der Waals surface area contributed by atoms with Gasteiger partial charge in [-0.3, -0.25) is 4.57 Å². The molecule has 0 saturated carbocycles. The van der Waals surface area contributed by atoms with E-state index < -0.39 is 25.4 Å². The molecule has 1 aromatic carbocycles. The van der Waals surface area contributed by atoms with Gasteiger partial charge >= 0.3 is 7.60 Å². The second kappa shape index (κ2) is 4.17. The van der Waals surface area contributed by atoms with E-state index in [1.165, 1.54) is 6.07 Å². The molecule has 1 aromatic rings. The summed E-state index contributed by atoms with van der Waals surface area (Å²) in [6, 6.07) is 3.31. The van der Waals surface area contributed by atoms with Gasteiger partial charge in [-0.1, -0.05) is 6.07 Å². The fraction of sp³-hybridized carbons (Fsp3) is 0.250. The quantitative estimate of drug-likeness (QED) is 0.765. The minimum Gasteiger partial charge on any atom is -0.324 e. The smallest absolute Gasteiger partial charge is 0.324 e. The first-order valence-corrected chi connectivity index (χ1v) is 5.67. The Labute approximate surface area is 79.5 Å². The van der Waals surface area contributed by atoms with Crippen molar-refractivity contribution in [1.82, 2.24) is 0 Å². The third-order valence-corrected chi connectivity index (χ3v) is 2.52. The topological polar surface area (TPSA) is 57.5 Å². The number of halogens is 2.